The maximum absolute atomic E-state index is 12.5. The number of sulfonamides is 1. The standard InChI is InChI=1S/C21H26N4O7S/c1-4-25(5-2)33(30,31)16-10-8-15(9-11-16)20(28)22-13-19(27)32-14-18(26)23-21(29)17-7-6-12-24(17)3/h6-12H,4-5,13-14H2,1-3H3,(H,22,28)(H,23,26,29). The topological polar surface area (TPSA) is 144 Å². The van der Waals surface area contributed by atoms with Crippen molar-refractivity contribution in [3.8, 4) is 0 Å². The quantitative estimate of drug-likeness (QED) is 0.467. The smallest absolute Gasteiger partial charge is 0.325 e. The Balaban J connectivity index is 1.82. The van der Waals surface area contributed by atoms with Crippen LogP contribution < -0.4 is 10.6 Å². The monoisotopic (exact) mass is 478 g/mol. The Hall–Kier alpha value is -3.51. The van der Waals surface area contributed by atoms with Gasteiger partial charge in [-0.05, 0) is 36.4 Å². The third kappa shape index (κ3) is 6.73. The summed E-state index contributed by atoms with van der Waals surface area (Å²) in [6.07, 6.45) is 1.64. The number of aromatic nitrogens is 1. The van der Waals surface area contributed by atoms with Gasteiger partial charge in [-0.2, -0.15) is 4.31 Å². The number of hydrogen-bond donors (Lipinski definition) is 2. The van der Waals surface area contributed by atoms with Crippen molar-refractivity contribution in [1.82, 2.24) is 19.5 Å². The van der Waals surface area contributed by atoms with E-state index in [0.717, 1.165) is 0 Å². The minimum Gasteiger partial charge on any atom is -0.454 e. The molecule has 0 aliphatic carbocycles. The minimum atomic E-state index is -3.65. The molecule has 1 heterocycles. The van der Waals surface area contributed by atoms with Gasteiger partial charge in [-0.25, -0.2) is 8.42 Å². The lowest BCUT2D eigenvalue weighted by Crippen LogP contribution is -2.37. The summed E-state index contributed by atoms with van der Waals surface area (Å²) in [7, 11) is -2.01. The van der Waals surface area contributed by atoms with E-state index < -0.39 is 46.9 Å². The van der Waals surface area contributed by atoms with Crippen LogP contribution in [0.5, 0.6) is 0 Å². The van der Waals surface area contributed by atoms with Crippen LogP contribution in [0.1, 0.15) is 34.7 Å². The van der Waals surface area contributed by atoms with E-state index >= 15 is 0 Å². The van der Waals surface area contributed by atoms with E-state index in [1.807, 2.05) is 0 Å². The van der Waals surface area contributed by atoms with Crippen molar-refractivity contribution in [2.75, 3.05) is 26.2 Å². The molecule has 12 heteroatoms. The fourth-order valence-corrected chi connectivity index (χ4v) is 4.32. The molecule has 33 heavy (non-hydrogen) atoms. The molecule has 0 aliphatic rings. The van der Waals surface area contributed by atoms with Crippen molar-refractivity contribution < 1.29 is 32.3 Å². The van der Waals surface area contributed by atoms with E-state index in [-0.39, 0.29) is 16.2 Å². The molecule has 0 atom stereocenters. The van der Waals surface area contributed by atoms with Gasteiger partial charge >= 0.3 is 5.97 Å². The summed E-state index contributed by atoms with van der Waals surface area (Å²) in [5, 5.41) is 4.41. The number of nitrogens with zero attached hydrogens (tertiary/aromatic N) is 2. The number of rotatable bonds is 10. The number of hydrogen-bond acceptors (Lipinski definition) is 7. The fraction of sp³-hybridized carbons (Fsp3) is 0.333. The average molecular weight is 479 g/mol. The van der Waals surface area contributed by atoms with Crippen LogP contribution in [0.3, 0.4) is 0 Å². The maximum atomic E-state index is 12.5. The lowest BCUT2D eigenvalue weighted by molar-refractivity contribution is -0.147. The second-order valence-corrected chi connectivity index (χ2v) is 8.78. The zero-order valence-electron chi connectivity index (χ0n) is 18.5. The van der Waals surface area contributed by atoms with Crippen LogP contribution in [0.2, 0.25) is 0 Å². The number of benzene rings is 1. The molecule has 0 saturated heterocycles. The van der Waals surface area contributed by atoms with Crippen molar-refractivity contribution in [2.45, 2.75) is 18.7 Å². The van der Waals surface area contributed by atoms with Gasteiger partial charge < -0.3 is 14.6 Å². The molecule has 1 aromatic heterocycles. The highest BCUT2D eigenvalue weighted by atomic mass is 32.2. The number of imide groups is 1. The molecular formula is C21H26N4O7S. The number of ether oxygens (including phenoxy) is 1. The molecule has 0 spiro atoms. The third-order valence-corrected chi connectivity index (χ3v) is 6.71. The summed E-state index contributed by atoms with van der Waals surface area (Å²) in [5.41, 5.74) is 0.407. The van der Waals surface area contributed by atoms with Gasteiger partial charge in [0.1, 0.15) is 12.2 Å². The first-order chi connectivity index (χ1) is 15.6. The van der Waals surface area contributed by atoms with Gasteiger partial charge in [0.2, 0.25) is 10.0 Å². The van der Waals surface area contributed by atoms with E-state index in [9.17, 15) is 27.6 Å². The van der Waals surface area contributed by atoms with Crippen molar-refractivity contribution in [2.24, 2.45) is 7.05 Å². The fourth-order valence-electron chi connectivity index (χ4n) is 2.87. The van der Waals surface area contributed by atoms with Crippen LogP contribution in [0.25, 0.3) is 0 Å². The van der Waals surface area contributed by atoms with Crippen molar-refractivity contribution in [1.29, 1.82) is 0 Å². The Morgan fingerprint density at radius 3 is 2.18 bits per heavy atom. The summed E-state index contributed by atoms with van der Waals surface area (Å²) in [6, 6.07) is 8.46. The number of carbonyl (C=O) groups is 4. The Kier molecular flexibility index (Phi) is 8.88. The maximum Gasteiger partial charge on any atom is 0.325 e. The Bertz CT molecular complexity index is 1120. The molecule has 0 saturated carbocycles. The normalized spacial score (nSPS) is 11.2. The summed E-state index contributed by atoms with van der Waals surface area (Å²) >= 11 is 0. The van der Waals surface area contributed by atoms with E-state index in [2.05, 4.69) is 10.6 Å². The van der Waals surface area contributed by atoms with Gasteiger partial charge in [0.05, 0.1) is 4.90 Å². The molecule has 3 amide bonds. The molecule has 11 nitrogen and oxygen atoms in total. The highest BCUT2D eigenvalue weighted by Crippen LogP contribution is 2.16. The first-order valence-corrected chi connectivity index (χ1v) is 11.5. The molecule has 0 fully saturated rings. The van der Waals surface area contributed by atoms with Crippen molar-refractivity contribution in [3.05, 3.63) is 53.9 Å². The Labute approximate surface area is 191 Å². The lowest BCUT2D eigenvalue weighted by Gasteiger charge is -2.18. The van der Waals surface area contributed by atoms with E-state index in [4.69, 9.17) is 4.74 Å². The summed E-state index contributed by atoms with van der Waals surface area (Å²) in [5.74, 6) is -2.96. The molecule has 0 aliphatic heterocycles. The van der Waals surface area contributed by atoms with Crippen molar-refractivity contribution in [3.63, 3.8) is 0 Å². The molecule has 0 bridgehead atoms. The average Bonchev–Trinajstić information content (AvgIpc) is 3.22. The number of carbonyl (C=O) groups excluding carboxylic acids is 4. The first-order valence-electron chi connectivity index (χ1n) is 10.1. The highest BCUT2D eigenvalue weighted by Gasteiger charge is 2.22. The van der Waals surface area contributed by atoms with Crippen LogP contribution in [-0.4, -0.2) is 67.2 Å². The molecule has 1 aromatic carbocycles. The molecule has 2 rings (SSSR count). The van der Waals surface area contributed by atoms with Gasteiger partial charge in [0.15, 0.2) is 6.61 Å². The summed E-state index contributed by atoms with van der Waals surface area (Å²) in [6.45, 7) is 2.89. The lowest BCUT2D eigenvalue weighted by atomic mass is 10.2. The molecular weight excluding hydrogens is 452 g/mol. The molecule has 0 radical (unpaired) electrons. The van der Waals surface area contributed by atoms with Gasteiger partial charge in [-0.3, -0.25) is 24.5 Å². The van der Waals surface area contributed by atoms with Crippen LogP contribution in [-0.2, 0) is 31.4 Å². The SMILES string of the molecule is CCN(CC)S(=O)(=O)c1ccc(C(=O)NCC(=O)OCC(=O)NC(=O)c2cccn2C)cc1. The number of aryl methyl sites for hydroxylation is 1. The van der Waals surface area contributed by atoms with Gasteiger partial charge in [-0.1, -0.05) is 13.8 Å². The Morgan fingerprint density at radius 1 is 1.00 bits per heavy atom. The molecule has 2 N–H and O–H groups in total. The van der Waals surface area contributed by atoms with Crippen LogP contribution in [0.4, 0.5) is 0 Å². The third-order valence-electron chi connectivity index (χ3n) is 4.65. The highest BCUT2D eigenvalue weighted by molar-refractivity contribution is 7.89. The van der Waals surface area contributed by atoms with E-state index in [1.165, 1.54) is 39.2 Å². The molecule has 0 unspecified atom stereocenters. The predicted molar refractivity (Wildman–Crippen MR) is 118 cm³/mol. The van der Waals surface area contributed by atoms with Crippen LogP contribution in [0, 0.1) is 0 Å². The molecule has 178 valence electrons. The van der Waals surface area contributed by atoms with Gasteiger partial charge in [0.25, 0.3) is 17.7 Å². The Morgan fingerprint density at radius 2 is 1.64 bits per heavy atom. The number of nitrogens with one attached hydrogen (secondary N) is 2. The molecule has 2 aromatic rings. The number of amides is 3. The second kappa shape index (κ2) is 11.4. The minimum absolute atomic E-state index is 0.0538. The van der Waals surface area contributed by atoms with Crippen LogP contribution in [0.15, 0.2) is 47.5 Å². The zero-order valence-corrected chi connectivity index (χ0v) is 19.3. The summed E-state index contributed by atoms with van der Waals surface area (Å²) in [4.78, 5) is 47.7. The second-order valence-electron chi connectivity index (χ2n) is 6.84. The summed E-state index contributed by atoms with van der Waals surface area (Å²) < 4.78 is 32.5. The number of esters is 1. The van der Waals surface area contributed by atoms with E-state index in [0.29, 0.717) is 13.1 Å². The predicted octanol–water partition coefficient (Wildman–Crippen LogP) is 0.285. The largest absolute Gasteiger partial charge is 0.454 e. The first kappa shape index (κ1) is 25.7. The van der Waals surface area contributed by atoms with Gasteiger partial charge in [0, 0.05) is 31.9 Å². The van der Waals surface area contributed by atoms with E-state index in [1.54, 1.807) is 33.2 Å². The zero-order chi connectivity index (χ0) is 24.6. The van der Waals surface area contributed by atoms with Crippen LogP contribution >= 0.6 is 0 Å². The van der Waals surface area contributed by atoms with Crippen molar-refractivity contribution >= 4 is 33.7 Å². The van der Waals surface area contributed by atoms with Gasteiger partial charge in [-0.15, -0.1) is 0 Å².